The molecule has 0 saturated carbocycles. The van der Waals surface area contributed by atoms with E-state index in [2.05, 4.69) is 5.32 Å². The first-order chi connectivity index (χ1) is 4.58. The van der Waals surface area contributed by atoms with E-state index in [9.17, 15) is 8.42 Å². The monoisotopic (exact) mass is 200 g/mol. The molecule has 0 aromatic heterocycles. The van der Waals surface area contributed by atoms with Gasteiger partial charge in [0.2, 0.25) is 10.0 Å². The molecule has 1 heterocycles. The van der Waals surface area contributed by atoms with Gasteiger partial charge in [-0.15, -0.1) is 12.4 Å². The van der Waals surface area contributed by atoms with Crippen LogP contribution in [-0.4, -0.2) is 26.8 Å². The first-order valence-corrected chi connectivity index (χ1v) is 5.03. The minimum absolute atomic E-state index is 0. The maximum Gasteiger partial charge on any atom is 0.210 e. The molecule has 0 amide bonds. The molecule has 1 atom stereocenters. The molecule has 0 aliphatic carbocycles. The van der Waals surface area contributed by atoms with Crippen LogP contribution >= 0.6 is 12.4 Å². The molecule has 0 aromatic rings. The van der Waals surface area contributed by atoms with Gasteiger partial charge in [0.05, 0.1) is 5.75 Å². The van der Waals surface area contributed by atoms with E-state index < -0.39 is 10.0 Å². The Bertz CT molecular complexity index is 199. The fourth-order valence-corrected chi connectivity index (χ4v) is 2.02. The Balaban J connectivity index is 0.000001000. The standard InChI is InChI=1S/C5H12N2O2S.ClH/c6-10(8,9)4-5-2-1-3-7-5;/h5,7H,1-4H2,(H2,6,8,9);1H/t5-;/m1./s1. The van der Waals surface area contributed by atoms with Crippen LogP contribution in [0.1, 0.15) is 12.8 Å². The molecular weight excluding hydrogens is 188 g/mol. The Labute approximate surface area is 73.0 Å². The second-order valence-corrected chi connectivity index (χ2v) is 4.28. The van der Waals surface area contributed by atoms with Gasteiger partial charge < -0.3 is 5.32 Å². The Morgan fingerprint density at radius 3 is 2.55 bits per heavy atom. The molecule has 11 heavy (non-hydrogen) atoms. The zero-order chi connectivity index (χ0) is 7.61. The molecule has 0 bridgehead atoms. The predicted octanol–water partition coefficient (Wildman–Crippen LogP) is -0.551. The Hall–Kier alpha value is 0.160. The lowest BCUT2D eigenvalue weighted by Gasteiger charge is -2.06. The highest BCUT2D eigenvalue weighted by Crippen LogP contribution is 2.05. The van der Waals surface area contributed by atoms with Gasteiger partial charge in [-0.05, 0) is 19.4 Å². The summed E-state index contributed by atoms with van der Waals surface area (Å²) in [5, 5.41) is 7.90. The number of rotatable bonds is 2. The number of sulfonamides is 1. The van der Waals surface area contributed by atoms with Crippen molar-refractivity contribution in [3.8, 4) is 0 Å². The van der Waals surface area contributed by atoms with Crippen LogP contribution in [0.15, 0.2) is 0 Å². The Morgan fingerprint density at radius 2 is 2.18 bits per heavy atom. The van der Waals surface area contributed by atoms with E-state index in [1.54, 1.807) is 0 Å². The Morgan fingerprint density at radius 1 is 1.55 bits per heavy atom. The summed E-state index contributed by atoms with van der Waals surface area (Å²) in [5.41, 5.74) is 0. The van der Waals surface area contributed by atoms with Crippen molar-refractivity contribution in [1.82, 2.24) is 5.32 Å². The molecule has 1 aliphatic heterocycles. The summed E-state index contributed by atoms with van der Waals surface area (Å²) in [6.07, 6.45) is 1.98. The number of hydrogen-bond acceptors (Lipinski definition) is 3. The second-order valence-electron chi connectivity index (χ2n) is 2.62. The zero-order valence-corrected chi connectivity index (χ0v) is 7.75. The molecular formula is C5H13ClN2O2S. The minimum atomic E-state index is -3.27. The molecule has 1 rings (SSSR count). The summed E-state index contributed by atoms with van der Waals surface area (Å²) in [5.74, 6) is 0.0764. The zero-order valence-electron chi connectivity index (χ0n) is 6.12. The van der Waals surface area contributed by atoms with E-state index in [1.165, 1.54) is 0 Å². The van der Waals surface area contributed by atoms with Crippen molar-refractivity contribution < 1.29 is 8.42 Å². The van der Waals surface area contributed by atoms with Crippen molar-refractivity contribution in [3.05, 3.63) is 0 Å². The van der Waals surface area contributed by atoms with Gasteiger partial charge >= 0.3 is 0 Å². The van der Waals surface area contributed by atoms with Crippen molar-refractivity contribution in [3.63, 3.8) is 0 Å². The average Bonchev–Trinajstić information content (AvgIpc) is 2.12. The van der Waals surface area contributed by atoms with Crippen LogP contribution < -0.4 is 10.5 Å². The maximum atomic E-state index is 10.5. The number of nitrogens with one attached hydrogen (secondary N) is 1. The number of halogens is 1. The van der Waals surface area contributed by atoms with Gasteiger partial charge in [-0.1, -0.05) is 0 Å². The highest BCUT2D eigenvalue weighted by atomic mass is 35.5. The van der Waals surface area contributed by atoms with Crippen LogP contribution in [0.5, 0.6) is 0 Å². The summed E-state index contributed by atoms with van der Waals surface area (Å²) in [7, 11) is -3.27. The Kier molecular flexibility index (Phi) is 4.31. The first-order valence-electron chi connectivity index (χ1n) is 3.32. The first kappa shape index (κ1) is 11.2. The minimum Gasteiger partial charge on any atom is -0.313 e. The molecule has 1 aliphatic rings. The fourth-order valence-electron chi connectivity index (χ4n) is 1.18. The van der Waals surface area contributed by atoms with Crippen molar-refractivity contribution in [2.24, 2.45) is 5.14 Å². The average molecular weight is 201 g/mol. The SMILES string of the molecule is Cl.NS(=O)(=O)C[C@H]1CCCN1. The normalized spacial score (nSPS) is 24.6. The number of nitrogens with two attached hydrogens (primary N) is 1. The predicted molar refractivity (Wildman–Crippen MR) is 46.2 cm³/mol. The quantitative estimate of drug-likeness (QED) is 0.628. The largest absolute Gasteiger partial charge is 0.313 e. The van der Waals surface area contributed by atoms with E-state index in [0.29, 0.717) is 0 Å². The third kappa shape index (κ3) is 4.58. The van der Waals surface area contributed by atoms with Crippen molar-refractivity contribution >= 4 is 22.4 Å². The van der Waals surface area contributed by atoms with Crippen LogP contribution in [0.4, 0.5) is 0 Å². The summed E-state index contributed by atoms with van der Waals surface area (Å²) in [4.78, 5) is 0. The van der Waals surface area contributed by atoms with E-state index in [1.807, 2.05) is 0 Å². The molecule has 4 nitrogen and oxygen atoms in total. The van der Waals surface area contributed by atoms with Gasteiger partial charge in [-0.3, -0.25) is 0 Å². The van der Waals surface area contributed by atoms with Gasteiger partial charge in [0.1, 0.15) is 0 Å². The number of primary sulfonamides is 1. The summed E-state index contributed by atoms with van der Waals surface area (Å²) < 4.78 is 21.0. The van der Waals surface area contributed by atoms with Crippen molar-refractivity contribution in [1.29, 1.82) is 0 Å². The summed E-state index contributed by atoms with van der Waals surface area (Å²) >= 11 is 0. The molecule has 6 heteroatoms. The van der Waals surface area contributed by atoms with E-state index in [4.69, 9.17) is 5.14 Å². The van der Waals surface area contributed by atoms with E-state index in [0.717, 1.165) is 19.4 Å². The lowest BCUT2D eigenvalue weighted by Crippen LogP contribution is -2.33. The highest BCUT2D eigenvalue weighted by Gasteiger charge is 2.18. The molecule has 0 aromatic carbocycles. The third-order valence-corrected chi connectivity index (χ3v) is 2.46. The maximum absolute atomic E-state index is 10.5. The van der Waals surface area contributed by atoms with Crippen LogP contribution in [0.25, 0.3) is 0 Å². The molecule has 0 spiro atoms. The third-order valence-electron chi connectivity index (χ3n) is 1.60. The lowest BCUT2D eigenvalue weighted by molar-refractivity contribution is 0.578. The van der Waals surface area contributed by atoms with Gasteiger partial charge in [-0.2, -0.15) is 0 Å². The topological polar surface area (TPSA) is 72.2 Å². The molecule has 68 valence electrons. The number of hydrogen-bond donors (Lipinski definition) is 2. The summed E-state index contributed by atoms with van der Waals surface area (Å²) in [6.45, 7) is 0.917. The molecule has 3 N–H and O–H groups in total. The van der Waals surface area contributed by atoms with Crippen LogP contribution in [0.2, 0.25) is 0 Å². The van der Waals surface area contributed by atoms with Gasteiger partial charge in [0.15, 0.2) is 0 Å². The fraction of sp³-hybridized carbons (Fsp3) is 1.00. The van der Waals surface area contributed by atoms with Crippen molar-refractivity contribution in [2.45, 2.75) is 18.9 Å². The molecule has 0 radical (unpaired) electrons. The van der Waals surface area contributed by atoms with Crippen LogP contribution in [-0.2, 0) is 10.0 Å². The smallest absolute Gasteiger partial charge is 0.210 e. The van der Waals surface area contributed by atoms with Crippen molar-refractivity contribution in [2.75, 3.05) is 12.3 Å². The summed E-state index contributed by atoms with van der Waals surface area (Å²) in [6, 6.07) is 0.0926. The highest BCUT2D eigenvalue weighted by molar-refractivity contribution is 7.89. The lowest BCUT2D eigenvalue weighted by atomic mass is 10.3. The van der Waals surface area contributed by atoms with E-state index >= 15 is 0 Å². The van der Waals surface area contributed by atoms with Gasteiger partial charge in [0.25, 0.3) is 0 Å². The van der Waals surface area contributed by atoms with Gasteiger partial charge in [-0.25, -0.2) is 13.6 Å². The molecule has 1 saturated heterocycles. The van der Waals surface area contributed by atoms with E-state index in [-0.39, 0.29) is 24.2 Å². The van der Waals surface area contributed by atoms with Gasteiger partial charge in [0, 0.05) is 6.04 Å². The molecule has 0 unspecified atom stereocenters. The molecule has 1 fully saturated rings. The van der Waals surface area contributed by atoms with Crippen LogP contribution in [0.3, 0.4) is 0 Å². The second kappa shape index (κ2) is 4.25. The van der Waals surface area contributed by atoms with Crippen LogP contribution in [0, 0.1) is 0 Å².